The summed E-state index contributed by atoms with van der Waals surface area (Å²) in [4.78, 5) is 16.6. The van der Waals surface area contributed by atoms with E-state index in [-0.39, 0.29) is 18.0 Å². The van der Waals surface area contributed by atoms with E-state index in [0.29, 0.717) is 15.9 Å². The van der Waals surface area contributed by atoms with Gasteiger partial charge in [-0.1, -0.05) is 29.8 Å². The smallest absolute Gasteiger partial charge is 0.260 e. The van der Waals surface area contributed by atoms with Crippen LogP contribution in [0.15, 0.2) is 53.5 Å². The van der Waals surface area contributed by atoms with E-state index in [2.05, 4.69) is 4.98 Å². The molecule has 0 atom stereocenters. The first-order valence-corrected chi connectivity index (χ1v) is 6.26. The van der Waals surface area contributed by atoms with Crippen molar-refractivity contribution in [3.8, 4) is 11.3 Å². The molecule has 0 saturated heterocycles. The van der Waals surface area contributed by atoms with Gasteiger partial charge >= 0.3 is 0 Å². The molecule has 3 aromatic rings. The van der Waals surface area contributed by atoms with Crippen LogP contribution in [0.2, 0.25) is 5.02 Å². The van der Waals surface area contributed by atoms with Crippen molar-refractivity contribution < 1.29 is 0 Å². The molecule has 0 aliphatic carbocycles. The van der Waals surface area contributed by atoms with Gasteiger partial charge < -0.3 is 4.57 Å². The topological polar surface area (TPSA) is 34.9 Å². The summed E-state index contributed by atoms with van der Waals surface area (Å²) in [6, 6.07) is 12.9. The molecular formula is C15H12Cl2N2O. The number of pyridine rings is 2. The van der Waals surface area contributed by atoms with E-state index in [9.17, 15) is 4.79 Å². The van der Waals surface area contributed by atoms with Crippen molar-refractivity contribution in [2.75, 3.05) is 0 Å². The summed E-state index contributed by atoms with van der Waals surface area (Å²) in [7, 11) is 1.74. The Labute approximate surface area is 127 Å². The lowest BCUT2D eigenvalue weighted by molar-refractivity contribution is 0.882. The Hall–Kier alpha value is -1.84. The van der Waals surface area contributed by atoms with Gasteiger partial charge in [-0.3, -0.25) is 9.78 Å². The highest BCUT2D eigenvalue weighted by molar-refractivity contribution is 6.33. The lowest BCUT2D eigenvalue weighted by atomic mass is 10.1. The van der Waals surface area contributed by atoms with Gasteiger partial charge in [0.15, 0.2) is 0 Å². The van der Waals surface area contributed by atoms with Crippen LogP contribution in [0, 0.1) is 0 Å². The van der Waals surface area contributed by atoms with Crippen LogP contribution in [0.3, 0.4) is 0 Å². The van der Waals surface area contributed by atoms with Crippen molar-refractivity contribution >= 4 is 34.9 Å². The van der Waals surface area contributed by atoms with E-state index >= 15 is 0 Å². The molecule has 20 heavy (non-hydrogen) atoms. The number of halogens is 2. The molecule has 0 bridgehead atoms. The number of rotatable bonds is 1. The third kappa shape index (κ3) is 2.30. The highest BCUT2D eigenvalue weighted by atomic mass is 35.5. The molecule has 102 valence electrons. The summed E-state index contributed by atoms with van der Waals surface area (Å²) in [5.74, 6) is 0. The molecule has 2 heterocycles. The molecule has 0 unspecified atom stereocenters. The average molecular weight is 307 g/mol. The summed E-state index contributed by atoms with van der Waals surface area (Å²) in [5.41, 5.74) is 2.21. The zero-order valence-corrected chi connectivity index (χ0v) is 12.3. The third-order valence-corrected chi connectivity index (χ3v) is 3.49. The summed E-state index contributed by atoms with van der Waals surface area (Å²) < 4.78 is 1.60. The molecule has 0 fully saturated rings. The first-order chi connectivity index (χ1) is 9.18. The first kappa shape index (κ1) is 14.6. The highest BCUT2D eigenvalue weighted by Crippen LogP contribution is 2.27. The Morgan fingerprint density at radius 1 is 1.15 bits per heavy atom. The van der Waals surface area contributed by atoms with Crippen molar-refractivity contribution in [2.24, 2.45) is 7.05 Å². The molecule has 0 aliphatic rings. The predicted octanol–water partition coefficient (Wildman–Crippen LogP) is 3.68. The molecule has 0 amide bonds. The highest BCUT2D eigenvalue weighted by Gasteiger charge is 2.10. The molecule has 0 radical (unpaired) electrons. The zero-order chi connectivity index (χ0) is 13.4. The Kier molecular flexibility index (Phi) is 4.12. The molecule has 5 heteroatoms. The van der Waals surface area contributed by atoms with E-state index < -0.39 is 0 Å². The molecule has 1 aromatic carbocycles. The lowest BCUT2D eigenvalue weighted by Gasteiger charge is -2.11. The van der Waals surface area contributed by atoms with Crippen molar-refractivity contribution in [3.05, 3.63) is 64.0 Å². The van der Waals surface area contributed by atoms with Gasteiger partial charge in [0.1, 0.15) is 0 Å². The van der Waals surface area contributed by atoms with E-state index in [1.807, 2.05) is 30.3 Å². The standard InChI is InChI=1S/C15H11ClN2O.ClH/c1-18-14(10-5-2-3-7-12(10)16)9-13-11(15(18)19)6-4-8-17-13;/h2-9H,1H3;1H. The van der Waals surface area contributed by atoms with Gasteiger partial charge in [0.25, 0.3) is 5.56 Å². The molecule has 0 aliphatic heterocycles. The number of fused-ring (bicyclic) bond motifs is 1. The van der Waals surface area contributed by atoms with Crippen molar-refractivity contribution in [1.82, 2.24) is 9.55 Å². The zero-order valence-electron chi connectivity index (χ0n) is 10.7. The minimum Gasteiger partial charge on any atom is -0.311 e. The van der Waals surface area contributed by atoms with E-state index in [4.69, 9.17) is 11.6 Å². The third-order valence-electron chi connectivity index (χ3n) is 3.16. The Bertz CT molecular complexity index is 827. The van der Waals surface area contributed by atoms with Crippen LogP contribution >= 0.6 is 24.0 Å². The van der Waals surface area contributed by atoms with Gasteiger partial charge in [0, 0.05) is 23.8 Å². The van der Waals surface area contributed by atoms with Crippen LogP contribution in [0.5, 0.6) is 0 Å². The summed E-state index contributed by atoms with van der Waals surface area (Å²) in [6.45, 7) is 0. The molecule has 0 spiro atoms. The minimum absolute atomic E-state index is 0. The average Bonchev–Trinajstić information content (AvgIpc) is 2.44. The van der Waals surface area contributed by atoms with Gasteiger partial charge in [-0.15, -0.1) is 12.4 Å². The predicted molar refractivity (Wildman–Crippen MR) is 84.7 cm³/mol. The Balaban J connectivity index is 0.00000147. The molecule has 2 aromatic heterocycles. The van der Waals surface area contributed by atoms with Gasteiger partial charge in [-0.2, -0.15) is 0 Å². The van der Waals surface area contributed by atoms with E-state index in [1.165, 1.54) is 0 Å². The second-order valence-corrected chi connectivity index (χ2v) is 4.72. The molecule has 0 saturated carbocycles. The van der Waals surface area contributed by atoms with Crippen LogP contribution in [0.1, 0.15) is 0 Å². The van der Waals surface area contributed by atoms with Crippen molar-refractivity contribution in [2.45, 2.75) is 0 Å². The SMILES string of the molecule is Cl.Cn1c(-c2ccccc2Cl)cc2ncccc2c1=O. The summed E-state index contributed by atoms with van der Waals surface area (Å²) in [5, 5.41) is 1.23. The number of benzene rings is 1. The van der Waals surface area contributed by atoms with Crippen LogP contribution in [0.25, 0.3) is 22.2 Å². The molecular weight excluding hydrogens is 295 g/mol. The lowest BCUT2D eigenvalue weighted by Crippen LogP contribution is -2.18. The van der Waals surface area contributed by atoms with Gasteiger partial charge in [0.2, 0.25) is 0 Å². The summed E-state index contributed by atoms with van der Waals surface area (Å²) >= 11 is 6.20. The van der Waals surface area contributed by atoms with Gasteiger partial charge in [-0.25, -0.2) is 0 Å². The fraction of sp³-hybridized carbons (Fsp3) is 0.0667. The second-order valence-electron chi connectivity index (χ2n) is 4.31. The van der Waals surface area contributed by atoms with Gasteiger partial charge in [0.05, 0.1) is 16.6 Å². The van der Waals surface area contributed by atoms with Gasteiger partial charge in [-0.05, 0) is 24.3 Å². The van der Waals surface area contributed by atoms with Crippen LogP contribution in [-0.4, -0.2) is 9.55 Å². The largest absolute Gasteiger partial charge is 0.311 e. The molecule has 0 N–H and O–H groups in total. The Morgan fingerprint density at radius 2 is 1.90 bits per heavy atom. The van der Waals surface area contributed by atoms with Crippen molar-refractivity contribution in [1.29, 1.82) is 0 Å². The molecule has 3 nitrogen and oxygen atoms in total. The second kappa shape index (κ2) is 5.65. The van der Waals surface area contributed by atoms with Crippen LogP contribution < -0.4 is 5.56 Å². The minimum atomic E-state index is -0.0690. The van der Waals surface area contributed by atoms with E-state index in [1.54, 1.807) is 29.9 Å². The van der Waals surface area contributed by atoms with E-state index in [0.717, 1.165) is 11.3 Å². The maximum absolute atomic E-state index is 12.3. The van der Waals surface area contributed by atoms with Crippen LogP contribution in [0.4, 0.5) is 0 Å². The molecule has 3 rings (SSSR count). The van der Waals surface area contributed by atoms with Crippen molar-refractivity contribution in [3.63, 3.8) is 0 Å². The Morgan fingerprint density at radius 3 is 2.65 bits per heavy atom. The fourth-order valence-electron chi connectivity index (χ4n) is 2.16. The normalized spacial score (nSPS) is 10.3. The number of aromatic nitrogens is 2. The number of hydrogen-bond donors (Lipinski definition) is 0. The fourth-order valence-corrected chi connectivity index (χ4v) is 2.39. The quantitative estimate of drug-likeness (QED) is 0.687. The monoisotopic (exact) mass is 306 g/mol. The first-order valence-electron chi connectivity index (χ1n) is 5.88. The maximum Gasteiger partial charge on any atom is 0.260 e. The maximum atomic E-state index is 12.3. The van der Waals surface area contributed by atoms with Crippen LogP contribution in [-0.2, 0) is 7.05 Å². The summed E-state index contributed by atoms with van der Waals surface area (Å²) in [6.07, 6.45) is 1.68. The number of nitrogens with zero attached hydrogens (tertiary/aromatic N) is 2. The number of hydrogen-bond acceptors (Lipinski definition) is 2.